The second kappa shape index (κ2) is 5.64. The van der Waals surface area contributed by atoms with E-state index in [0.717, 1.165) is 35.4 Å². The topological polar surface area (TPSA) is 59.8 Å². The normalized spacial score (nSPS) is 16.1. The molecule has 0 bridgehead atoms. The van der Waals surface area contributed by atoms with Gasteiger partial charge in [0.2, 0.25) is 5.91 Å². The van der Waals surface area contributed by atoms with Gasteiger partial charge >= 0.3 is 0 Å². The molecule has 1 unspecified atom stereocenters. The van der Waals surface area contributed by atoms with Crippen molar-refractivity contribution in [3.05, 3.63) is 23.7 Å². The fraction of sp³-hybridized carbons (Fsp3) is 0.533. The number of imidazole rings is 1. The lowest BCUT2D eigenvalue weighted by atomic mass is 10.3. The predicted octanol–water partition coefficient (Wildman–Crippen LogP) is 2.71. The van der Waals surface area contributed by atoms with Crippen molar-refractivity contribution in [3.8, 4) is 0 Å². The lowest BCUT2D eigenvalue weighted by molar-refractivity contribution is -0.121. The van der Waals surface area contributed by atoms with Gasteiger partial charge < -0.3 is 9.88 Å². The number of rotatable bonds is 5. The van der Waals surface area contributed by atoms with Crippen molar-refractivity contribution in [3.63, 3.8) is 0 Å². The van der Waals surface area contributed by atoms with Crippen molar-refractivity contribution < 1.29 is 4.79 Å². The van der Waals surface area contributed by atoms with Crippen molar-refractivity contribution in [1.29, 1.82) is 0 Å². The van der Waals surface area contributed by atoms with E-state index in [0.29, 0.717) is 19.0 Å². The van der Waals surface area contributed by atoms with Gasteiger partial charge in [-0.1, -0.05) is 0 Å². The summed E-state index contributed by atoms with van der Waals surface area (Å²) in [4.78, 5) is 20.9. The van der Waals surface area contributed by atoms with Crippen LogP contribution in [0.4, 0.5) is 0 Å². The van der Waals surface area contributed by atoms with Crippen LogP contribution in [0.25, 0.3) is 11.2 Å². The maximum Gasteiger partial charge on any atom is 0.222 e. The molecular formula is C15H19ClN4O. The largest absolute Gasteiger partial charge is 0.353 e. The lowest BCUT2D eigenvalue weighted by Crippen LogP contribution is -2.26. The number of hydrogen-bond donors (Lipinski definition) is 1. The van der Waals surface area contributed by atoms with E-state index in [1.165, 1.54) is 0 Å². The number of aryl methyl sites for hydroxylation is 2. The maximum atomic E-state index is 11.9. The molecule has 1 atom stereocenters. The number of carbonyl (C=O) groups is 1. The minimum atomic E-state index is -0.218. The van der Waals surface area contributed by atoms with Crippen molar-refractivity contribution in [1.82, 2.24) is 19.9 Å². The van der Waals surface area contributed by atoms with E-state index in [4.69, 9.17) is 11.6 Å². The Morgan fingerprint density at radius 2 is 2.33 bits per heavy atom. The smallest absolute Gasteiger partial charge is 0.222 e. The summed E-state index contributed by atoms with van der Waals surface area (Å²) in [6.45, 7) is 4.45. The van der Waals surface area contributed by atoms with Crippen LogP contribution in [-0.2, 0) is 11.3 Å². The van der Waals surface area contributed by atoms with Crippen molar-refractivity contribution >= 4 is 28.7 Å². The SMILES string of the molecule is Cc1ccnc2c1nc(C(C)Cl)n2CCC(=O)NC1CC1. The van der Waals surface area contributed by atoms with E-state index in [9.17, 15) is 4.79 Å². The number of carbonyl (C=O) groups excluding carboxylic acids is 1. The zero-order chi connectivity index (χ0) is 15.0. The summed E-state index contributed by atoms with van der Waals surface area (Å²) >= 11 is 6.23. The molecule has 1 fully saturated rings. The molecule has 0 aliphatic heterocycles. The molecular weight excluding hydrogens is 288 g/mol. The molecule has 2 aromatic heterocycles. The minimum absolute atomic E-state index is 0.0835. The molecule has 1 aliphatic rings. The Morgan fingerprint density at radius 3 is 3.00 bits per heavy atom. The maximum absolute atomic E-state index is 11.9. The van der Waals surface area contributed by atoms with Gasteiger partial charge in [0.25, 0.3) is 0 Å². The highest BCUT2D eigenvalue weighted by molar-refractivity contribution is 6.20. The predicted molar refractivity (Wildman–Crippen MR) is 82.3 cm³/mol. The Morgan fingerprint density at radius 1 is 1.57 bits per heavy atom. The summed E-state index contributed by atoms with van der Waals surface area (Å²) in [7, 11) is 0. The average molecular weight is 307 g/mol. The minimum Gasteiger partial charge on any atom is -0.353 e. The van der Waals surface area contributed by atoms with E-state index in [2.05, 4.69) is 15.3 Å². The van der Waals surface area contributed by atoms with E-state index >= 15 is 0 Å². The van der Waals surface area contributed by atoms with E-state index in [1.54, 1.807) is 6.20 Å². The standard InChI is InChI=1S/C15H19ClN4O/c1-9-5-7-17-15-13(9)19-14(10(2)16)20(15)8-6-12(21)18-11-3-4-11/h5,7,10-11H,3-4,6,8H2,1-2H3,(H,18,21). The van der Waals surface area contributed by atoms with Gasteiger partial charge in [0.05, 0.1) is 5.38 Å². The first-order valence-corrected chi connectivity index (χ1v) is 7.75. The van der Waals surface area contributed by atoms with Crippen molar-refractivity contribution in [2.24, 2.45) is 0 Å². The highest BCUT2D eigenvalue weighted by Gasteiger charge is 2.23. The molecule has 21 heavy (non-hydrogen) atoms. The van der Waals surface area contributed by atoms with Crippen LogP contribution in [-0.4, -0.2) is 26.5 Å². The van der Waals surface area contributed by atoms with E-state index < -0.39 is 0 Å². The summed E-state index contributed by atoms with van der Waals surface area (Å²) in [6.07, 6.45) is 4.39. The average Bonchev–Trinajstić information content (AvgIpc) is 3.15. The van der Waals surface area contributed by atoms with Crippen LogP contribution in [0.3, 0.4) is 0 Å². The summed E-state index contributed by atoms with van der Waals surface area (Å²) in [5.41, 5.74) is 2.74. The molecule has 0 spiro atoms. The summed E-state index contributed by atoms with van der Waals surface area (Å²) in [5.74, 6) is 0.855. The molecule has 0 radical (unpaired) electrons. The number of nitrogens with zero attached hydrogens (tertiary/aromatic N) is 3. The van der Waals surface area contributed by atoms with Crippen LogP contribution < -0.4 is 5.32 Å². The number of pyridine rings is 1. The van der Waals surface area contributed by atoms with Gasteiger partial charge in [0.15, 0.2) is 5.65 Å². The van der Waals surface area contributed by atoms with Gasteiger partial charge in [-0.05, 0) is 38.3 Å². The number of halogens is 1. The Kier molecular flexibility index (Phi) is 3.85. The molecule has 3 rings (SSSR count). The van der Waals surface area contributed by atoms with Crippen LogP contribution in [0.15, 0.2) is 12.3 Å². The van der Waals surface area contributed by atoms with Crippen LogP contribution in [0.5, 0.6) is 0 Å². The van der Waals surface area contributed by atoms with Crippen LogP contribution in [0.1, 0.15) is 43.0 Å². The van der Waals surface area contributed by atoms with E-state index in [1.807, 2.05) is 24.5 Å². The van der Waals surface area contributed by atoms with Gasteiger partial charge in [0.1, 0.15) is 11.3 Å². The summed E-state index contributed by atoms with van der Waals surface area (Å²) in [6, 6.07) is 2.33. The molecule has 112 valence electrons. The van der Waals surface area contributed by atoms with Crippen LogP contribution in [0.2, 0.25) is 0 Å². The number of nitrogens with one attached hydrogen (secondary N) is 1. The van der Waals surface area contributed by atoms with Gasteiger partial charge in [-0.3, -0.25) is 4.79 Å². The number of aromatic nitrogens is 3. The first kappa shape index (κ1) is 14.3. The Bertz CT molecular complexity index is 676. The quantitative estimate of drug-likeness (QED) is 0.864. The Hall–Kier alpha value is -1.62. The molecule has 6 heteroatoms. The van der Waals surface area contributed by atoms with Crippen LogP contribution >= 0.6 is 11.6 Å². The summed E-state index contributed by atoms with van der Waals surface area (Å²) < 4.78 is 1.96. The lowest BCUT2D eigenvalue weighted by Gasteiger charge is -2.10. The van der Waals surface area contributed by atoms with E-state index in [-0.39, 0.29) is 11.3 Å². The summed E-state index contributed by atoms with van der Waals surface area (Å²) in [5, 5.41) is 2.78. The van der Waals surface area contributed by atoms with Gasteiger partial charge in [-0.25, -0.2) is 9.97 Å². The third kappa shape index (κ3) is 3.02. The Labute approximate surface area is 128 Å². The first-order valence-electron chi connectivity index (χ1n) is 7.31. The van der Waals surface area contributed by atoms with Crippen LogP contribution in [0, 0.1) is 6.92 Å². The van der Waals surface area contributed by atoms with Gasteiger partial charge in [-0.15, -0.1) is 11.6 Å². The zero-order valence-electron chi connectivity index (χ0n) is 12.3. The molecule has 1 amide bonds. The van der Waals surface area contributed by atoms with Gasteiger partial charge in [0, 0.05) is 25.2 Å². The number of alkyl halides is 1. The molecule has 1 aliphatic carbocycles. The molecule has 2 aromatic rings. The third-order valence-corrected chi connectivity index (χ3v) is 3.92. The Balaban J connectivity index is 1.86. The number of fused-ring (bicyclic) bond motifs is 1. The van der Waals surface area contributed by atoms with Crippen molar-refractivity contribution in [2.45, 2.75) is 51.1 Å². The molecule has 2 heterocycles. The second-order valence-electron chi connectivity index (χ2n) is 5.63. The first-order chi connectivity index (χ1) is 10.1. The fourth-order valence-corrected chi connectivity index (χ4v) is 2.59. The van der Waals surface area contributed by atoms with Gasteiger partial charge in [-0.2, -0.15) is 0 Å². The second-order valence-corrected chi connectivity index (χ2v) is 6.28. The third-order valence-electron chi connectivity index (χ3n) is 3.73. The van der Waals surface area contributed by atoms with Crippen molar-refractivity contribution in [2.75, 3.05) is 0 Å². The number of amides is 1. The highest BCUT2D eigenvalue weighted by Crippen LogP contribution is 2.25. The zero-order valence-corrected chi connectivity index (χ0v) is 13.0. The molecule has 1 saturated carbocycles. The monoisotopic (exact) mass is 306 g/mol. The molecule has 0 saturated heterocycles. The molecule has 1 N–H and O–H groups in total. The fourth-order valence-electron chi connectivity index (χ4n) is 2.42. The molecule has 0 aromatic carbocycles. The molecule has 5 nitrogen and oxygen atoms in total. The highest BCUT2D eigenvalue weighted by atomic mass is 35.5. The number of hydrogen-bond acceptors (Lipinski definition) is 3.